The predicted molar refractivity (Wildman–Crippen MR) is 105 cm³/mol. The van der Waals surface area contributed by atoms with E-state index < -0.39 is 0 Å². The summed E-state index contributed by atoms with van der Waals surface area (Å²) in [7, 11) is 0. The quantitative estimate of drug-likeness (QED) is 0.682. The lowest BCUT2D eigenvalue weighted by Gasteiger charge is -2.19. The van der Waals surface area contributed by atoms with Crippen molar-refractivity contribution in [3.63, 3.8) is 0 Å². The Morgan fingerprint density at radius 3 is 2.54 bits per heavy atom. The van der Waals surface area contributed by atoms with Crippen LogP contribution in [-0.4, -0.2) is 17.4 Å². The number of carbonyl (C=O) groups is 1. The lowest BCUT2D eigenvalue weighted by molar-refractivity contribution is -0.115. The molecule has 0 aliphatic rings. The van der Waals surface area contributed by atoms with Gasteiger partial charge in [-0.2, -0.15) is 0 Å². The second kappa shape index (κ2) is 8.61. The van der Waals surface area contributed by atoms with Crippen molar-refractivity contribution in [2.24, 2.45) is 0 Å². The molecule has 26 heavy (non-hydrogen) atoms. The summed E-state index contributed by atoms with van der Waals surface area (Å²) in [4.78, 5) is 16.8. The van der Waals surface area contributed by atoms with Gasteiger partial charge in [0.25, 0.3) is 0 Å². The first kappa shape index (κ1) is 18.1. The molecule has 0 aliphatic heterocycles. The van der Waals surface area contributed by atoms with Gasteiger partial charge in [0.1, 0.15) is 0 Å². The van der Waals surface area contributed by atoms with Crippen molar-refractivity contribution in [1.82, 2.24) is 10.3 Å². The molecule has 0 saturated heterocycles. The molecule has 5 heteroatoms. The van der Waals surface area contributed by atoms with Crippen molar-refractivity contribution in [1.29, 1.82) is 0 Å². The first-order valence-corrected chi connectivity index (χ1v) is 8.77. The van der Waals surface area contributed by atoms with Crippen molar-refractivity contribution in [3.05, 3.63) is 94.8 Å². The van der Waals surface area contributed by atoms with E-state index in [-0.39, 0.29) is 18.5 Å². The molecule has 132 valence electrons. The third kappa shape index (κ3) is 4.48. The zero-order valence-electron chi connectivity index (χ0n) is 14.4. The molecule has 0 bridgehead atoms. The second-order valence-electron chi connectivity index (χ2n) is 5.94. The number of halogens is 1. The van der Waals surface area contributed by atoms with Crippen LogP contribution in [0.4, 0.5) is 5.69 Å². The summed E-state index contributed by atoms with van der Waals surface area (Å²) >= 11 is 6.11. The van der Waals surface area contributed by atoms with Crippen LogP contribution in [0.25, 0.3) is 0 Å². The summed E-state index contributed by atoms with van der Waals surface area (Å²) in [6.45, 7) is 2.04. The van der Waals surface area contributed by atoms with Gasteiger partial charge in [0.05, 0.1) is 18.3 Å². The third-order valence-electron chi connectivity index (χ3n) is 4.12. The van der Waals surface area contributed by atoms with Gasteiger partial charge in [0.2, 0.25) is 5.91 Å². The molecule has 3 aromatic rings. The minimum Gasteiger partial charge on any atom is -0.325 e. The summed E-state index contributed by atoms with van der Waals surface area (Å²) < 4.78 is 0. The maximum atomic E-state index is 12.4. The number of carbonyl (C=O) groups excluding carboxylic acids is 1. The smallest absolute Gasteiger partial charge is 0.238 e. The molecule has 1 aromatic heterocycles. The molecule has 2 N–H and O–H groups in total. The summed E-state index contributed by atoms with van der Waals surface area (Å²) in [5, 5.41) is 6.83. The minimum atomic E-state index is -0.163. The van der Waals surface area contributed by atoms with Gasteiger partial charge in [-0.15, -0.1) is 0 Å². The number of hydrogen-bond donors (Lipinski definition) is 2. The molecule has 4 nitrogen and oxygen atoms in total. The van der Waals surface area contributed by atoms with E-state index in [1.807, 2.05) is 67.6 Å². The molecular formula is C21H20ClN3O. The van der Waals surface area contributed by atoms with Crippen LogP contribution in [0.15, 0.2) is 72.9 Å². The number of nitrogens with one attached hydrogen (secondary N) is 2. The SMILES string of the molecule is Cc1c(Cl)cccc1NC(=O)CNC(c1ccccc1)c1ccccn1. The Bertz CT molecular complexity index is 829. The van der Waals surface area contributed by atoms with E-state index in [2.05, 4.69) is 15.6 Å². The van der Waals surface area contributed by atoms with Gasteiger partial charge in [-0.3, -0.25) is 15.1 Å². The van der Waals surface area contributed by atoms with Crippen LogP contribution in [0.5, 0.6) is 0 Å². The summed E-state index contributed by atoms with van der Waals surface area (Å²) in [5.74, 6) is -0.132. The van der Waals surface area contributed by atoms with Gasteiger partial charge in [-0.05, 0) is 42.3 Å². The molecule has 0 fully saturated rings. The highest BCUT2D eigenvalue weighted by Crippen LogP contribution is 2.23. The summed E-state index contributed by atoms with van der Waals surface area (Å²) in [6.07, 6.45) is 1.75. The van der Waals surface area contributed by atoms with E-state index in [1.54, 1.807) is 12.3 Å². The number of amides is 1. The molecule has 2 aromatic carbocycles. The molecule has 0 radical (unpaired) electrons. The molecule has 0 spiro atoms. The fraction of sp³-hybridized carbons (Fsp3) is 0.143. The topological polar surface area (TPSA) is 54.0 Å². The van der Waals surface area contributed by atoms with Crippen LogP contribution in [0.3, 0.4) is 0 Å². The van der Waals surface area contributed by atoms with Crippen molar-refractivity contribution in [2.75, 3.05) is 11.9 Å². The Hall–Kier alpha value is -2.69. The van der Waals surface area contributed by atoms with Gasteiger partial charge in [-0.1, -0.05) is 54.1 Å². The normalized spacial score (nSPS) is 11.8. The first-order chi connectivity index (χ1) is 12.6. The molecule has 3 rings (SSSR count). The Balaban J connectivity index is 1.72. The number of rotatable bonds is 6. The lowest BCUT2D eigenvalue weighted by Crippen LogP contribution is -2.32. The van der Waals surface area contributed by atoms with Crippen molar-refractivity contribution in [3.8, 4) is 0 Å². The van der Waals surface area contributed by atoms with Crippen LogP contribution in [0.1, 0.15) is 22.9 Å². The molecule has 1 unspecified atom stereocenters. The van der Waals surface area contributed by atoms with E-state index in [9.17, 15) is 4.79 Å². The molecule has 0 saturated carbocycles. The van der Waals surface area contributed by atoms with Gasteiger partial charge in [0, 0.05) is 16.9 Å². The van der Waals surface area contributed by atoms with E-state index >= 15 is 0 Å². The second-order valence-corrected chi connectivity index (χ2v) is 6.35. The maximum Gasteiger partial charge on any atom is 0.238 e. The van der Waals surface area contributed by atoms with Crippen LogP contribution in [0, 0.1) is 6.92 Å². The van der Waals surface area contributed by atoms with Gasteiger partial charge in [-0.25, -0.2) is 0 Å². The number of aromatic nitrogens is 1. The highest BCUT2D eigenvalue weighted by molar-refractivity contribution is 6.31. The van der Waals surface area contributed by atoms with E-state index in [0.29, 0.717) is 5.02 Å². The average molecular weight is 366 g/mol. The zero-order chi connectivity index (χ0) is 18.4. The maximum absolute atomic E-state index is 12.4. The molecule has 1 heterocycles. The summed E-state index contributed by atoms with van der Waals surface area (Å²) in [6, 6.07) is 21.0. The fourth-order valence-corrected chi connectivity index (χ4v) is 2.89. The van der Waals surface area contributed by atoms with Crippen molar-refractivity contribution < 1.29 is 4.79 Å². The highest BCUT2D eigenvalue weighted by Gasteiger charge is 2.16. The largest absolute Gasteiger partial charge is 0.325 e. The highest BCUT2D eigenvalue weighted by atomic mass is 35.5. The van der Waals surface area contributed by atoms with Crippen LogP contribution >= 0.6 is 11.6 Å². The lowest BCUT2D eigenvalue weighted by atomic mass is 10.0. The van der Waals surface area contributed by atoms with E-state index in [0.717, 1.165) is 22.5 Å². The number of hydrogen-bond acceptors (Lipinski definition) is 3. The zero-order valence-corrected chi connectivity index (χ0v) is 15.2. The van der Waals surface area contributed by atoms with Gasteiger partial charge >= 0.3 is 0 Å². The number of nitrogens with zero attached hydrogens (tertiary/aromatic N) is 1. The van der Waals surface area contributed by atoms with Crippen LogP contribution in [0.2, 0.25) is 5.02 Å². The summed E-state index contributed by atoms with van der Waals surface area (Å²) in [5.41, 5.74) is 3.49. The van der Waals surface area contributed by atoms with E-state index in [4.69, 9.17) is 11.6 Å². The average Bonchev–Trinajstić information content (AvgIpc) is 2.67. The first-order valence-electron chi connectivity index (χ1n) is 8.39. The van der Waals surface area contributed by atoms with Gasteiger partial charge < -0.3 is 5.32 Å². The Morgan fingerprint density at radius 2 is 1.81 bits per heavy atom. The number of anilines is 1. The molecular weight excluding hydrogens is 346 g/mol. The number of pyridine rings is 1. The molecule has 1 amide bonds. The molecule has 0 aliphatic carbocycles. The molecule has 1 atom stereocenters. The Kier molecular flexibility index (Phi) is 6.00. The van der Waals surface area contributed by atoms with Crippen molar-refractivity contribution >= 4 is 23.2 Å². The number of benzene rings is 2. The van der Waals surface area contributed by atoms with Crippen LogP contribution in [-0.2, 0) is 4.79 Å². The Labute approximate surface area is 158 Å². The third-order valence-corrected chi connectivity index (χ3v) is 4.53. The Morgan fingerprint density at radius 1 is 1.04 bits per heavy atom. The monoisotopic (exact) mass is 365 g/mol. The predicted octanol–water partition coefficient (Wildman–Crippen LogP) is 4.36. The van der Waals surface area contributed by atoms with E-state index in [1.165, 1.54) is 0 Å². The fourth-order valence-electron chi connectivity index (χ4n) is 2.72. The van der Waals surface area contributed by atoms with Crippen LogP contribution < -0.4 is 10.6 Å². The van der Waals surface area contributed by atoms with Crippen molar-refractivity contribution in [2.45, 2.75) is 13.0 Å². The standard InChI is InChI=1S/C21H20ClN3O/c1-15-17(22)10-7-12-18(15)25-20(26)14-24-21(16-8-3-2-4-9-16)19-11-5-6-13-23-19/h2-13,21,24H,14H2,1H3,(H,25,26). The minimum absolute atomic E-state index is 0.132. The van der Waals surface area contributed by atoms with Gasteiger partial charge in [0.15, 0.2) is 0 Å².